The van der Waals surface area contributed by atoms with Crippen LogP contribution >= 0.6 is 0 Å². The molecule has 8 fully saturated rings. The van der Waals surface area contributed by atoms with Crippen LogP contribution in [0.2, 0.25) is 0 Å². The summed E-state index contributed by atoms with van der Waals surface area (Å²) < 4.78 is 96.7. The minimum atomic E-state index is -2.53. The van der Waals surface area contributed by atoms with E-state index in [9.17, 15) is 132 Å². The molecule has 46 heteroatoms. The fourth-order valence-electron chi connectivity index (χ4n) is 17.9. The molecule has 0 radical (unpaired) electrons. The minimum Gasteiger partial charge on any atom is -0.394 e. The van der Waals surface area contributed by atoms with Crippen molar-refractivity contribution in [2.75, 3.05) is 52.9 Å². The topological polar surface area (TPSA) is 709 Å². The number of allylic oxidation sites excluding steroid dienone is 1. The summed E-state index contributed by atoms with van der Waals surface area (Å²) in [6, 6.07) is -6.82. The smallest absolute Gasteiger partial charge is 0.220 e. The molecule has 0 aromatic heterocycles. The van der Waals surface area contributed by atoms with Crippen molar-refractivity contribution < 1.29 is 207 Å². The predicted molar refractivity (Wildman–Crippen MR) is 460 cm³/mol. The molecule has 134 heavy (non-hydrogen) atoms. The molecule has 8 aliphatic rings. The number of unbranched alkanes of at least 4 members (excludes halogenated alkanes) is 23. The third-order valence-electron chi connectivity index (χ3n) is 25.8. The van der Waals surface area contributed by atoms with Crippen LogP contribution in [-0.4, -0.2) is 446 Å². The second-order valence-corrected chi connectivity index (χ2v) is 36.3. The van der Waals surface area contributed by atoms with Gasteiger partial charge in [0, 0.05) is 27.2 Å². The van der Waals surface area contributed by atoms with E-state index in [0.717, 1.165) is 78.6 Å². The third-order valence-corrected chi connectivity index (χ3v) is 25.8. The largest absolute Gasteiger partial charge is 0.394 e. The molecule has 8 heterocycles. The summed E-state index contributed by atoms with van der Waals surface area (Å²) >= 11 is 0. The summed E-state index contributed by atoms with van der Waals surface area (Å²) in [5, 5.41) is 261. The Kier molecular flexibility index (Phi) is 50.5. The third kappa shape index (κ3) is 32.6. The highest BCUT2D eigenvalue weighted by Gasteiger charge is 2.61. The molecule has 0 spiro atoms. The second kappa shape index (κ2) is 58.6. The fraction of sp³-hybridized carbons (Fsp3) is 0.932. The molecular formula is C88H156N4O42. The van der Waals surface area contributed by atoms with Gasteiger partial charge < -0.3 is 209 Å². The Hall–Kier alpha value is -3.90. The lowest BCUT2D eigenvalue weighted by Gasteiger charge is -2.51. The van der Waals surface area contributed by atoms with Gasteiger partial charge in [0.05, 0.1) is 71.1 Å². The highest BCUT2D eigenvalue weighted by atomic mass is 16.8. The van der Waals surface area contributed by atoms with Crippen molar-refractivity contribution in [3.63, 3.8) is 0 Å². The summed E-state index contributed by atoms with van der Waals surface area (Å²) in [7, 11) is 0. The molecule has 16 unspecified atom stereocenters. The van der Waals surface area contributed by atoms with E-state index in [-0.39, 0.29) is 12.3 Å². The number of carbonyl (C=O) groups is 4. The summed E-state index contributed by atoms with van der Waals surface area (Å²) in [5.41, 5.74) is 0. The number of aliphatic hydroxyl groups excluding tert-OH is 22. The highest BCUT2D eigenvalue weighted by molar-refractivity contribution is 5.76. The second-order valence-electron chi connectivity index (χ2n) is 36.3. The first-order chi connectivity index (χ1) is 64.1. The van der Waals surface area contributed by atoms with Crippen LogP contribution in [0.4, 0.5) is 0 Å². The van der Waals surface area contributed by atoms with Crippen LogP contribution in [0.25, 0.3) is 0 Å². The Morgan fingerprint density at radius 2 is 0.657 bits per heavy atom. The number of hydrogen-bond donors (Lipinski definition) is 26. The van der Waals surface area contributed by atoms with Gasteiger partial charge in [-0.1, -0.05) is 167 Å². The lowest BCUT2D eigenvalue weighted by molar-refractivity contribution is -0.392. The predicted octanol–water partition coefficient (Wildman–Crippen LogP) is -6.38. The van der Waals surface area contributed by atoms with E-state index >= 15 is 0 Å². The summed E-state index contributed by atoms with van der Waals surface area (Å²) in [4.78, 5) is 53.2. The Morgan fingerprint density at radius 1 is 0.313 bits per heavy atom. The van der Waals surface area contributed by atoms with Crippen molar-refractivity contribution in [1.82, 2.24) is 21.3 Å². The number of carbonyl (C=O) groups excluding carboxylic acids is 4. The van der Waals surface area contributed by atoms with E-state index in [1.807, 2.05) is 6.08 Å². The number of rotatable bonds is 56. The number of amides is 4. The molecule has 8 aliphatic heterocycles. The zero-order chi connectivity index (χ0) is 98.2. The van der Waals surface area contributed by atoms with Crippen LogP contribution in [0.3, 0.4) is 0 Å². The van der Waals surface area contributed by atoms with Gasteiger partial charge in [0.15, 0.2) is 50.3 Å². The van der Waals surface area contributed by atoms with Gasteiger partial charge in [-0.05, 0) is 26.2 Å². The van der Waals surface area contributed by atoms with Crippen LogP contribution < -0.4 is 21.3 Å². The van der Waals surface area contributed by atoms with Crippen LogP contribution in [0, 0.1) is 0 Å². The van der Waals surface area contributed by atoms with E-state index in [0.29, 0.717) is 12.8 Å². The molecule has 26 N–H and O–H groups in total. The molecule has 0 aliphatic carbocycles. The highest BCUT2D eigenvalue weighted by Crippen LogP contribution is 2.40. The maximum Gasteiger partial charge on any atom is 0.220 e. The molecule has 780 valence electrons. The first-order valence-corrected chi connectivity index (χ1v) is 47.8. The maximum atomic E-state index is 13.6. The average Bonchev–Trinajstić information content (AvgIpc) is 0.762. The Morgan fingerprint density at radius 3 is 1.13 bits per heavy atom. The first kappa shape index (κ1) is 115. The van der Waals surface area contributed by atoms with Crippen LogP contribution in [0.15, 0.2) is 12.2 Å². The van der Waals surface area contributed by atoms with Gasteiger partial charge in [0.25, 0.3) is 0 Å². The maximum absolute atomic E-state index is 13.6. The van der Waals surface area contributed by atoms with E-state index in [1.54, 1.807) is 6.08 Å². The minimum absolute atomic E-state index is 0.136. The number of ether oxygens (including phenoxy) is 16. The molecule has 0 aromatic rings. The van der Waals surface area contributed by atoms with E-state index < -0.39 is 328 Å². The molecule has 4 amide bonds. The van der Waals surface area contributed by atoms with E-state index in [2.05, 4.69) is 35.1 Å². The summed E-state index contributed by atoms with van der Waals surface area (Å²) in [5.74, 6) is -3.16. The standard InChI is InChI=1S/C88H156N4O42/c1-7-9-11-13-15-17-19-21-23-25-27-29-31-33-48(102)47(92-56(103)34-32-30-28-26-24-22-20-18-16-14-12-10-8-2)41-119-84-72(116)70(114)75(54(40-98)127-84)129-86-73(117)78(65(109)53(39-97)125-86)132-82-58(90-45(5)100)76(63(107)51(37-95)123-82)130-87-74(118)79(66(110)55(128-87)42-120-81-57(89-44(4)99)67(111)61(105)49(35-93)122-81)133-83-59(91-46(6)101)77(64(108)52(38-96)124-83)131-88-80(69(113)62(106)50(36-94)126-88)134-85-71(115)68(112)60(104)43(3)121-85/h31,33,43,47-55,57-88,93-98,102,104-118H,7-30,32,34-42H2,1-6H3,(H,89,99)(H,90,100)(H,91,101)(H,92,103)/b33-31+/t43?,47-,48+,49?,50?,51?,52?,53?,54?,55?,57?,58?,59?,60+,61+,62-,63+,64+,65-,66-,67+,68?,69-,70+,71-,72?,73?,74?,75+,76+,77+,78-,79-,80?,81+,82-,83-,84+,85+,86-,87-,88-/m0/s1. The zero-order valence-electron chi connectivity index (χ0n) is 77.4. The Balaban J connectivity index is 1.02. The molecule has 42 atom stereocenters. The zero-order valence-corrected chi connectivity index (χ0v) is 77.4. The number of aliphatic hydroxyl groups is 22. The van der Waals surface area contributed by atoms with Gasteiger partial charge in [-0.3, -0.25) is 19.2 Å². The average molecular weight is 1940 g/mol. The fourth-order valence-corrected chi connectivity index (χ4v) is 17.9. The molecule has 0 saturated carbocycles. The number of nitrogens with one attached hydrogen (secondary N) is 4. The van der Waals surface area contributed by atoms with Crippen LogP contribution in [-0.2, 0) is 95.0 Å². The molecule has 8 rings (SSSR count). The Bertz CT molecular complexity index is 3340. The van der Waals surface area contributed by atoms with Crippen molar-refractivity contribution in [3.05, 3.63) is 12.2 Å². The lowest BCUT2D eigenvalue weighted by Crippen LogP contribution is -2.71. The number of hydrogen-bond acceptors (Lipinski definition) is 42. The van der Waals surface area contributed by atoms with E-state index in [1.165, 1.54) is 96.8 Å². The lowest BCUT2D eigenvalue weighted by atomic mass is 9.93. The summed E-state index contributed by atoms with van der Waals surface area (Å²) in [6.45, 7) is 0.618. The first-order valence-electron chi connectivity index (χ1n) is 47.8. The van der Waals surface area contributed by atoms with Crippen molar-refractivity contribution in [3.8, 4) is 0 Å². The van der Waals surface area contributed by atoms with Gasteiger partial charge in [-0.25, -0.2) is 0 Å². The van der Waals surface area contributed by atoms with Gasteiger partial charge in [0.2, 0.25) is 23.6 Å². The van der Waals surface area contributed by atoms with Crippen molar-refractivity contribution >= 4 is 23.6 Å². The Labute approximate surface area is 780 Å². The normalized spacial score (nSPS) is 39.9. The molecular weight excluding hydrogens is 1780 g/mol. The van der Waals surface area contributed by atoms with Crippen molar-refractivity contribution in [1.29, 1.82) is 0 Å². The van der Waals surface area contributed by atoms with Crippen LogP contribution in [0.5, 0.6) is 0 Å². The van der Waals surface area contributed by atoms with Crippen molar-refractivity contribution in [2.24, 2.45) is 0 Å². The van der Waals surface area contributed by atoms with Gasteiger partial charge in [-0.2, -0.15) is 0 Å². The quantitative estimate of drug-likeness (QED) is 0.0199. The molecule has 46 nitrogen and oxygen atoms in total. The van der Waals surface area contributed by atoms with Gasteiger partial charge in [-0.15, -0.1) is 0 Å². The SMILES string of the molecule is CCCCCCCCCCCCC/C=C/[C@@H](O)[C@H](CO[C@@H]1OC(CO)[C@@H](O[C@@H]2OC(CO)[C@H](O)[C@H](O[C@@H]3OC(CO)[C@@H](O)[C@H](O[C@@H]4OC(CO[C@@H]5OC(CO)[C@@H](O)[C@H](O)C5NC(C)=O)[C@H](O)[C@H](O[C@@H]5OC(CO)[C@@H](O)[C@H](O[C@@H]6OC(CO)[C@H](O)[C@H](O)C6O[C@H]6OC(C)[C@@H](O)C(O)[C@@H]6O)C5NC(C)=O)C4O)C3NC(C)=O)C2O)[C@H](O)C1O)NC(=O)CCCCCCCCCCCCCCC. The summed E-state index contributed by atoms with van der Waals surface area (Å²) in [6.07, 6.45) is -45.5. The molecule has 0 aromatic carbocycles. The van der Waals surface area contributed by atoms with Gasteiger partial charge in [0.1, 0.15) is 189 Å². The van der Waals surface area contributed by atoms with Gasteiger partial charge >= 0.3 is 0 Å². The van der Waals surface area contributed by atoms with Crippen molar-refractivity contribution in [2.45, 2.75) is 466 Å². The van der Waals surface area contributed by atoms with Crippen LogP contribution in [0.1, 0.15) is 208 Å². The molecule has 8 saturated heterocycles. The van der Waals surface area contributed by atoms with E-state index in [4.69, 9.17) is 75.8 Å². The monoisotopic (exact) mass is 1940 g/mol. The molecule has 0 bridgehead atoms.